The third-order valence-corrected chi connectivity index (χ3v) is 3.57. The molecule has 0 unspecified atom stereocenters. The van der Waals surface area contributed by atoms with Gasteiger partial charge in [-0.2, -0.15) is 0 Å². The summed E-state index contributed by atoms with van der Waals surface area (Å²) in [6.07, 6.45) is 3.73. The second-order valence-electron chi connectivity index (χ2n) is 4.67. The molecule has 0 spiro atoms. The van der Waals surface area contributed by atoms with Crippen molar-refractivity contribution < 1.29 is 25.8 Å². The Balaban J connectivity index is 0.00000120. The topological polar surface area (TPSA) is 0 Å². The van der Waals surface area contributed by atoms with Crippen LogP contribution in [0.1, 0.15) is 37.3 Å². The average molecular weight is 400 g/mol. The van der Waals surface area contributed by atoms with Crippen LogP contribution >= 0.6 is 0 Å². The molecule has 1 radical (unpaired) electrons. The molecule has 2 aromatic carbocycles. The Bertz CT molecular complexity index is 485. The molecule has 0 N–H and O–H groups in total. The Morgan fingerprint density at radius 1 is 0.722 bits per heavy atom. The van der Waals surface area contributed by atoms with Gasteiger partial charge in [-0.25, -0.2) is 0 Å². The smallest absolute Gasteiger partial charge is 0.0352 e. The zero-order chi connectivity index (χ0) is 11.7. The van der Waals surface area contributed by atoms with Gasteiger partial charge in [0.15, 0.2) is 0 Å². The van der Waals surface area contributed by atoms with Crippen LogP contribution in [0.3, 0.4) is 0 Å². The molecule has 0 heterocycles. The number of fused-ring (bicyclic) bond motifs is 3. The number of benzene rings is 2. The van der Waals surface area contributed by atoms with Gasteiger partial charge >= 0.3 is 0 Å². The van der Waals surface area contributed by atoms with Crippen LogP contribution in [0.25, 0.3) is 11.1 Å². The maximum atomic E-state index is 2.26. The van der Waals surface area contributed by atoms with Crippen molar-refractivity contribution in [2.45, 2.75) is 26.2 Å². The minimum absolute atomic E-state index is 0. The summed E-state index contributed by atoms with van der Waals surface area (Å²) in [5.41, 5.74) is 5.72. The van der Waals surface area contributed by atoms with Gasteiger partial charge in [0.2, 0.25) is 0 Å². The van der Waals surface area contributed by atoms with Crippen molar-refractivity contribution in [1.82, 2.24) is 0 Å². The standard InChI is InChI=1S/C17H17.Hf/c1-2-3-8-13-14-9-4-6-11-16(14)17-12-7-5-10-15(13)17;/h4-7,9-12H,2-3,8H2,1H3;. The summed E-state index contributed by atoms with van der Waals surface area (Å²) in [5.74, 6) is 1.54. The van der Waals surface area contributed by atoms with Crippen molar-refractivity contribution >= 4 is 0 Å². The molecule has 0 saturated carbocycles. The minimum atomic E-state index is 0. The van der Waals surface area contributed by atoms with E-state index in [-0.39, 0.29) is 25.8 Å². The van der Waals surface area contributed by atoms with Gasteiger partial charge in [-0.3, -0.25) is 0 Å². The van der Waals surface area contributed by atoms with Crippen LogP contribution in [0.5, 0.6) is 0 Å². The van der Waals surface area contributed by atoms with E-state index >= 15 is 0 Å². The van der Waals surface area contributed by atoms with Crippen LogP contribution in [0.4, 0.5) is 0 Å². The molecule has 3 rings (SSSR count). The number of unbranched alkanes of at least 4 members (excludes halogenated alkanes) is 1. The second-order valence-corrected chi connectivity index (χ2v) is 4.67. The first-order valence-corrected chi connectivity index (χ1v) is 6.47. The summed E-state index contributed by atoms with van der Waals surface area (Å²) in [7, 11) is 0. The minimum Gasteiger partial charge on any atom is -0.0654 e. The maximum absolute atomic E-state index is 2.26. The molecule has 0 aromatic heterocycles. The Morgan fingerprint density at radius 2 is 1.17 bits per heavy atom. The molecule has 0 atom stereocenters. The van der Waals surface area contributed by atoms with Gasteiger partial charge in [-0.15, -0.1) is 0 Å². The van der Waals surface area contributed by atoms with Gasteiger partial charge in [-0.1, -0.05) is 68.3 Å². The molecule has 89 valence electrons. The Hall–Kier alpha value is -0.690. The van der Waals surface area contributed by atoms with Gasteiger partial charge in [0, 0.05) is 31.8 Å². The van der Waals surface area contributed by atoms with Crippen LogP contribution in [0, 0.1) is 5.92 Å². The molecular weight excluding hydrogens is 383 g/mol. The monoisotopic (exact) mass is 401 g/mol. The average Bonchev–Trinajstić information content (AvgIpc) is 2.71. The quantitative estimate of drug-likeness (QED) is 0.649. The molecule has 0 saturated heterocycles. The Labute approximate surface area is 128 Å². The van der Waals surface area contributed by atoms with Crippen LogP contribution < -0.4 is 0 Å². The van der Waals surface area contributed by atoms with E-state index in [1.54, 1.807) is 0 Å². The molecule has 1 aliphatic rings. The summed E-state index contributed by atoms with van der Waals surface area (Å²) in [4.78, 5) is 0. The zero-order valence-corrected chi connectivity index (χ0v) is 14.3. The van der Waals surface area contributed by atoms with E-state index in [0.29, 0.717) is 0 Å². The van der Waals surface area contributed by atoms with E-state index in [1.807, 2.05) is 0 Å². The zero-order valence-electron chi connectivity index (χ0n) is 10.7. The Morgan fingerprint density at radius 3 is 1.61 bits per heavy atom. The van der Waals surface area contributed by atoms with Crippen LogP contribution in [-0.2, 0) is 25.8 Å². The van der Waals surface area contributed by atoms with E-state index in [4.69, 9.17) is 0 Å². The van der Waals surface area contributed by atoms with Crippen molar-refractivity contribution in [1.29, 1.82) is 0 Å². The van der Waals surface area contributed by atoms with E-state index in [2.05, 4.69) is 55.5 Å². The molecule has 2 aromatic rings. The number of hydrogen-bond donors (Lipinski definition) is 0. The molecule has 0 nitrogen and oxygen atoms in total. The Kier molecular flexibility index (Phi) is 4.55. The van der Waals surface area contributed by atoms with E-state index in [1.165, 1.54) is 47.4 Å². The summed E-state index contributed by atoms with van der Waals surface area (Å²) in [6.45, 7) is 2.26. The largest absolute Gasteiger partial charge is 0.0654 e. The van der Waals surface area contributed by atoms with E-state index in [9.17, 15) is 0 Å². The summed E-state index contributed by atoms with van der Waals surface area (Å²) in [6, 6.07) is 17.6. The van der Waals surface area contributed by atoms with Crippen molar-refractivity contribution in [3.05, 3.63) is 65.6 Å². The molecular formula is C17H17Hf. The fraction of sp³-hybridized carbons (Fsp3) is 0.235. The van der Waals surface area contributed by atoms with Crippen molar-refractivity contribution in [2.24, 2.45) is 0 Å². The maximum Gasteiger partial charge on any atom is 0.0352 e. The SMILES string of the molecule is CCCC[C]1c2ccccc2-c2ccccc21.[Hf]. The van der Waals surface area contributed by atoms with E-state index < -0.39 is 0 Å². The van der Waals surface area contributed by atoms with Gasteiger partial charge in [-0.05, 0) is 28.7 Å². The van der Waals surface area contributed by atoms with Crippen molar-refractivity contribution in [3.63, 3.8) is 0 Å². The van der Waals surface area contributed by atoms with Crippen LogP contribution in [0.15, 0.2) is 48.5 Å². The molecule has 0 amide bonds. The van der Waals surface area contributed by atoms with Crippen molar-refractivity contribution in [3.8, 4) is 11.1 Å². The van der Waals surface area contributed by atoms with Crippen molar-refractivity contribution in [2.75, 3.05) is 0 Å². The fourth-order valence-electron chi connectivity index (χ4n) is 2.73. The predicted octanol–water partition coefficient (Wildman–Crippen LogP) is 4.83. The first-order chi connectivity index (χ1) is 8.42. The molecule has 18 heavy (non-hydrogen) atoms. The summed E-state index contributed by atoms with van der Waals surface area (Å²) < 4.78 is 0. The van der Waals surface area contributed by atoms with Gasteiger partial charge in [0.25, 0.3) is 0 Å². The number of hydrogen-bond acceptors (Lipinski definition) is 0. The molecule has 1 aliphatic carbocycles. The molecule has 0 fully saturated rings. The molecule has 0 aliphatic heterocycles. The third kappa shape index (κ3) is 2.25. The summed E-state index contributed by atoms with van der Waals surface area (Å²) in [5, 5.41) is 0. The van der Waals surface area contributed by atoms with Crippen LogP contribution in [0.2, 0.25) is 0 Å². The predicted molar refractivity (Wildman–Crippen MR) is 72.9 cm³/mol. The fourth-order valence-corrected chi connectivity index (χ4v) is 2.73. The first kappa shape index (κ1) is 13.7. The van der Waals surface area contributed by atoms with Gasteiger partial charge in [0.1, 0.15) is 0 Å². The van der Waals surface area contributed by atoms with E-state index in [0.717, 1.165) is 0 Å². The van der Waals surface area contributed by atoms with Gasteiger partial charge < -0.3 is 0 Å². The third-order valence-electron chi connectivity index (χ3n) is 3.57. The normalized spacial score (nSPS) is 12.7. The molecule has 1 heteroatoms. The second kappa shape index (κ2) is 5.97. The number of rotatable bonds is 3. The van der Waals surface area contributed by atoms with Crippen LogP contribution in [-0.4, -0.2) is 0 Å². The van der Waals surface area contributed by atoms with Gasteiger partial charge in [0.05, 0.1) is 0 Å². The summed E-state index contributed by atoms with van der Waals surface area (Å²) >= 11 is 0. The first-order valence-electron chi connectivity index (χ1n) is 6.47. The molecule has 0 bridgehead atoms.